The van der Waals surface area contributed by atoms with Crippen LogP contribution >= 0.6 is 23.2 Å². The zero-order valence-corrected chi connectivity index (χ0v) is 14.8. The van der Waals surface area contributed by atoms with E-state index in [1.165, 1.54) is 0 Å². The van der Waals surface area contributed by atoms with Gasteiger partial charge in [-0.25, -0.2) is 0 Å². The van der Waals surface area contributed by atoms with Gasteiger partial charge in [-0.15, -0.1) is 0 Å². The van der Waals surface area contributed by atoms with Gasteiger partial charge in [0, 0.05) is 23.1 Å². The van der Waals surface area contributed by atoms with Gasteiger partial charge in [-0.1, -0.05) is 42.6 Å². The summed E-state index contributed by atoms with van der Waals surface area (Å²) in [5, 5.41) is 6.89. The minimum Gasteiger partial charge on any atom is -0.355 e. The van der Waals surface area contributed by atoms with Crippen LogP contribution in [-0.4, -0.2) is 24.9 Å². The summed E-state index contributed by atoms with van der Waals surface area (Å²) in [5.41, 5.74) is 0.0750. The van der Waals surface area contributed by atoms with Crippen molar-refractivity contribution >= 4 is 35.0 Å². The minimum atomic E-state index is -0.850. The number of amides is 2. The van der Waals surface area contributed by atoms with Gasteiger partial charge in [-0.05, 0) is 43.4 Å². The lowest BCUT2D eigenvalue weighted by atomic mass is 10.0. The van der Waals surface area contributed by atoms with Crippen LogP contribution in [0.25, 0.3) is 0 Å². The predicted molar refractivity (Wildman–Crippen MR) is 92.8 cm³/mol. The van der Waals surface area contributed by atoms with E-state index in [1.54, 1.807) is 12.1 Å². The Kier molecular flexibility index (Phi) is 6.31. The van der Waals surface area contributed by atoms with Gasteiger partial charge < -0.3 is 10.6 Å². The number of halogens is 2. The third-order valence-electron chi connectivity index (χ3n) is 4.13. The fraction of sp³-hybridized carbons (Fsp3) is 0.529. The van der Waals surface area contributed by atoms with Crippen LogP contribution in [0.3, 0.4) is 0 Å². The number of unbranched alkanes of at least 4 members (excludes halogenated alkanes) is 1. The van der Waals surface area contributed by atoms with Crippen LogP contribution in [0.4, 0.5) is 0 Å². The molecule has 1 aromatic carbocycles. The lowest BCUT2D eigenvalue weighted by Gasteiger charge is -2.15. The molecule has 0 radical (unpaired) electrons. The number of hydrogen-bond donors (Lipinski definition) is 2. The third kappa shape index (κ3) is 4.61. The predicted octanol–water partition coefficient (Wildman–Crippen LogP) is 3.35. The normalized spacial score (nSPS) is 15.1. The van der Waals surface area contributed by atoms with Gasteiger partial charge in [-0.3, -0.25) is 9.59 Å². The Morgan fingerprint density at radius 3 is 2.35 bits per heavy atom. The topological polar surface area (TPSA) is 58.2 Å². The van der Waals surface area contributed by atoms with Gasteiger partial charge in [0.1, 0.15) is 5.41 Å². The maximum atomic E-state index is 12.3. The number of benzene rings is 1. The van der Waals surface area contributed by atoms with Crippen LogP contribution in [0.15, 0.2) is 18.2 Å². The molecule has 0 heterocycles. The van der Waals surface area contributed by atoms with Gasteiger partial charge in [0.2, 0.25) is 11.8 Å². The van der Waals surface area contributed by atoms with E-state index in [4.69, 9.17) is 23.2 Å². The van der Waals surface area contributed by atoms with Gasteiger partial charge in [0.25, 0.3) is 0 Å². The molecule has 2 rings (SSSR count). The molecule has 23 heavy (non-hydrogen) atoms. The monoisotopic (exact) mass is 356 g/mol. The molecular weight excluding hydrogens is 335 g/mol. The molecule has 1 fully saturated rings. The average Bonchev–Trinajstić information content (AvgIpc) is 3.31. The zero-order valence-electron chi connectivity index (χ0n) is 13.3. The first-order valence-electron chi connectivity index (χ1n) is 8.00. The molecule has 1 aliphatic rings. The molecule has 0 aliphatic heterocycles. The third-order valence-corrected chi connectivity index (χ3v) is 4.72. The SMILES string of the molecule is CCCCNC(=O)C1(C(=O)NCCc2ccc(Cl)cc2Cl)CC1. The minimum absolute atomic E-state index is 0.145. The second-order valence-electron chi connectivity index (χ2n) is 5.93. The molecule has 0 spiro atoms. The summed E-state index contributed by atoms with van der Waals surface area (Å²) in [6, 6.07) is 5.30. The van der Waals surface area contributed by atoms with E-state index in [1.807, 2.05) is 6.07 Å². The molecule has 4 nitrogen and oxygen atoms in total. The Morgan fingerprint density at radius 2 is 1.78 bits per heavy atom. The molecule has 0 aromatic heterocycles. The first kappa shape index (κ1) is 18.1. The number of nitrogens with one attached hydrogen (secondary N) is 2. The zero-order chi connectivity index (χ0) is 16.9. The molecule has 6 heteroatoms. The quantitative estimate of drug-likeness (QED) is 0.554. The molecule has 0 unspecified atom stereocenters. The van der Waals surface area contributed by atoms with E-state index in [9.17, 15) is 9.59 Å². The molecule has 2 amide bonds. The van der Waals surface area contributed by atoms with E-state index >= 15 is 0 Å². The highest BCUT2D eigenvalue weighted by molar-refractivity contribution is 6.35. The van der Waals surface area contributed by atoms with Gasteiger partial charge in [0.15, 0.2) is 0 Å². The van der Waals surface area contributed by atoms with Crippen LogP contribution < -0.4 is 10.6 Å². The van der Waals surface area contributed by atoms with Crippen molar-refractivity contribution in [3.63, 3.8) is 0 Å². The first-order valence-corrected chi connectivity index (χ1v) is 8.76. The van der Waals surface area contributed by atoms with Gasteiger partial charge >= 0.3 is 0 Å². The van der Waals surface area contributed by atoms with Crippen molar-refractivity contribution < 1.29 is 9.59 Å². The van der Waals surface area contributed by atoms with E-state index in [2.05, 4.69) is 17.6 Å². The van der Waals surface area contributed by atoms with Crippen molar-refractivity contribution in [1.29, 1.82) is 0 Å². The summed E-state index contributed by atoms with van der Waals surface area (Å²) in [6.45, 7) is 3.14. The Bertz CT molecular complexity index is 586. The second-order valence-corrected chi connectivity index (χ2v) is 6.78. The number of rotatable bonds is 8. The maximum Gasteiger partial charge on any atom is 0.235 e. The summed E-state index contributed by atoms with van der Waals surface area (Å²) in [6.07, 6.45) is 3.80. The number of carbonyl (C=O) groups excluding carboxylic acids is 2. The summed E-state index contributed by atoms with van der Waals surface area (Å²) < 4.78 is 0. The van der Waals surface area contributed by atoms with Crippen molar-refractivity contribution in [2.45, 2.75) is 39.0 Å². The highest BCUT2D eigenvalue weighted by Crippen LogP contribution is 2.46. The molecule has 2 N–H and O–H groups in total. The van der Waals surface area contributed by atoms with Crippen molar-refractivity contribution in [3.05, 3.63) is 33.8 Å². The maximum absolute atomic E-state index is 12.3. The Hall–Kier alpha value is -1.26. The smallest absolute Gasteiger partial charge is 0.235 e. The van der Waals surface area contributed by atoms with E-state index in [0.29, 0.717) is 42.4 Å². The Labute approximate surface area is 146 Å². The van der Waals surface area contributed by atoms with Gasteiger partial charge in [-0.2, -0.15) is 0 Å². The molecule has 126 valence electrons. The highest BCUT2D eigenvalue weighted by atomic mass is 35.5. The second kappa shape index (κ2) is 8.02. The largest absolute Gasteiger partial charge is 0.355 e. The number of carbonyl (C=O) groups is 2. The summed E-state index contributed by atoms with van der Waals surface area (Å²) in [5.74, 6) is -0.329. The van der Waals surface area contributed by atoms with E-state index < -0.39 is 5.41 Å². The van der Waals surface area contributed by atoms with Crippen LogP contribution in [0.5, 0.6) is 0 Å². The molecule has 1 aliphatic carbocycles. The van der Waals surface area contributed by atoms with E-state index in [0.717, 1.165) is 18.4 Å². The molecule has 0 atom stereocenters. The Balaban J connectivity index is 1.81. The van der Waals surface area contributed by atoms with Crippen molar-refractivity contribution in [1.82, 2.24) is 10.6 Å². The fourth-order valence-corrected chi connectivity index (χ4v) is 2.94. The van der Waals surface area contributed by atoms with Crippen molar-refractivity contribution in [2.24, 2.45) is 5.41 Å². The van der Waals surface area contributed by atoms with Crippen LogP contribution in [-0.2, 0) is 16.0 Å². The number of hydrogen-bond acceptors (Lipinski definition) is 2. The van der Waals surface area contributed by atoms with Crippen LogP contribution in [0, 0.1) is 5.41 Å². The van der Waals surface area contributed by atoms with Crippen LogP contribution in [0.2, 0.25) is 10.0 Å². The summed E-state index contributed by atoms with van der Waals surface area (Å²) in [4.78, 5) is 24.5. The molecule has 1 aromatic rings. The van der Waals surface area contributed by atoms with Gasteiger partial charge in [0.05, 0.1) is 0 Å². The fourth-order valence-electron chi connectivity index (χ4n) is 2.43. The van der Waals surface area contributed by atoms with E-state index in [-0.39, 0.29) is 11.8 Å². The van der Waals surface area contributed by atoms with Crippen LogP contribution in [0.1, 0.15) is 38.2 Å². The highest BCUT2D eigenvalue weighted by Gasteiger charge is 2.56. The summed E-state index contributed by atoms with van der Waals surface area (Å²) >= 11 is 12.0. The molecular formula is C17H22Cl2N2O2. The van der Waals surface area contributed by atoms with Crippen molar-refractivity contribution in [2.75, 3.05) is 13.1 Å². The Morgan fingerprint density at radius 1 is 1.13 bits per heavy atom. The lowest BCUT2D eigenvalue weighted by Crippen LogP contribution is -2.43. The van der Waals surface area contributed by atoms with Crippen molar-refractivity contribution in [3.8, 4) is 0 Å². The first-order chi connectivity index (χ1) is 11.0. The standard InChI is InChI=1S/C17H22Cl2N2O2/c1-2-3-9-20-15(22)17(7-8-17)16(23)21-10-6-12-4-5-13(18)11-14(12)19/h4-5,11H,2-3,6-10H2,1H3,(H,20,22)(H,21,23). The lowest BCUT2D eigenvalue weighted by molar-refractivity contribution is -0.137. The molecule has 0 saturated heterocycles. The average molecular weight is 357 g/mol. The molecule has 0 bridgehead atoms. The summed E-state index contributed by atoms with van der Waals surface area (Å²) in [7, 11) is 0. The molecule has 1 saturated carbocycles.